The van der Waals surface area contributed by atoms with E-state index in [9.17, 15) is 4.79 Å². The Labute approximate surface area is 167 Å². The van der Waals surface area contributed by atoms with Crippen LogP contribution in [-0.4, -0.2) is 49.2 Å². The molecule has 2 aromatic carbocycles. The molecule has 1 saturated heterocycles. The summed E-state index contributed by atoms with van der Waals surface area (Å²) < 4.78 is 12.1. The second-order valence-electron chi connectivity index (χ2n) is 7.57. The molecule has 0 bridgehead atoms. The fourth-order valence-electron chi connectivity index (χ4n) is 3.71. The molecule has 1 fully saturated rings. The third-order valence-electron chi connectivity index (χ3n) is 5.13. The first-order chi connectivity index (χ1) is 13.6. The highest BCUT2D eigenvalue weighted by Crippen LogP contribution is 2.25. The van der Waals surface area contributed by atoms with Gasteiger partial charge in [0, 0.05) is 6.42 Å². The minimum Gasteiger partial charge on any atom is -0.491 e. The molecule has 28 heavy (non-hydrogen) atoms. The van der Waals surface area contributed by atoms with Crippen molar-refractivity contribution in [1.82, 2.24) is 10.2 Å². The average Bonchev–Trinajstić information content (AvgIpc) is 3.11. The lowest BCUT2D eigenvalue weighted by molar-refractivity contribution is -0.136. The molecule has 5 nitrogen and oxygen atoms in total. The van der Waals surface area contributed by atoms with Gasteiger partial charge in [-0.25, -0.2) is 0 Å². The molecule has 0 aromatic heterocycles. The van der Waals surface area contributed by atoms with Crippen LogP contribution in [0.3, 0.4) is 0 Å². The van der Waals surface area contributed by atoms with E-state index in [0.717, 1.165) is 17.9 Å². The first-order valence-corrected chi connectivity index (χ1v) is 9.95. The zero-order valence-electron chi connectivity index (χ0n) is 16.9. The summed E-state index contributed by atoms with van der Waals surface area (Å²) in [6.45, 7) is 5.14. The van der Waals surface area contributed by atoms with Gasteiger partial charge in [0.1, 0.15) is 24.2 Å². The summed E-state index contributed by atoms with van der Waals surface area (Å²) >= 11 is 0. The van der Waals surface area contributed by atoms with Crippen LogP contribution in [0.2, 0.25) is 0 Å². The monoisotopic (exact) mass is 382 g/mol. The normalized spacial score (nSPS) is 20.2. The predicted octanol–water partition coefficient (Wildman–Crippen LogP) is 3.36. The first kappa shape index (κ1) is 20.2. The molecular formula is C23H30N2O3. The summed E-state index contributed by atoms with van der Waals surface area (Å²) in [4.78, 5) is 15.1. The Hall–Kier alpha value is -2.53. The van der Waals surface area contributed by atoms with Gasteiger partial charge in [-0.2, -0.15) is 0 Å². The summed E-state index contributed by atoms with van der Waals surface area (Å²) in [5.74, 6) is 1.97. The van der Waals surface area contributed by atoms with Crippen molar-refractivity contribution in [2.75, 3.05) is 20.2 Å². The van der Waals surface area contributed by atoms with E-state index in [1.807, 2.05) is 72.6 Å². The summed E-state index contributed by atoms with van der Waals surface area (Å²) in [6, 6.07) is 19.3. The van der Waals surface area contributed by atoms with Gasteiger partial charge in [-0.05, 0) is 37.2 Å². The van der Waals surface area contributed by atoms with Crippen molar-refractivity contribution < 1.29 is 14.3 Å². The second-order valence-corrected chi connectivity index (χ2v) is 7.57. The predicted molar refractivity (Wildman–Crippen MR) is 111 cm³/mol. The molecule has 1 unspecified atom stereocenters. The quantitative estimate of drug-likeness (QED) is 0.761. The van der Waals surface area contributed by atoms with Crippen molar-refractivity contribution in [3.63, 3.8) is 0 Å². The van der Waals surface area contributed by atoms with E-state index in [1.54, 1.807) is 0 Å². The van der Waals surface area contributed by atoms with Crippen LogP contribution in [0.25, 0.3) is 0 Å². The number of benzene rings is 2. The number of likely N-dealkylation sites (N-methyl/N-ethyl adjacent to an activating group) is 1. The molecule has 0 saturated carbocycles. The summed E-state index contributed by atoms with van der Waals surface area (Å²) in [6.07, 6.45) is 0.711. The Morgan fingerprint density at radius 2 is 1.68 bits per heavy atom. The van der Waals surface area contributed by atoms with E-state index in [-0.39, 0.29) is 30.0 Å². The molecule has 3 atom stereocenters. The number of carbonyl (C=O) groups is 1. The number of nitrogens with one attached hydrogen (secondary N) is 1. The maximum absolute atomic E-state index is 13.2. The number of hydrogen-bond donors (Lipinski definition) is 1. The van der Waals surface area contributed by atoms with E-state index in [0.29, 0.717) is 13.2 Å². The molecule has 1 heterocycles. The van der Waals surface area contributed by atoms with Crippen LogP contribution in [0.4, 0.5) is 0 Å². The Morgan fingerprint density at radius 3 is 2.25 bits per heavy atom. The third-order valence-corrected chi connectivity index (χ3v) is 5.13. The Morgan fingerprint density at radius 1 is 1.07 bits per heavy atom. The van der Waals surface area contributed by atoms with Gasteiger partial charge in [0.25, 0.3) is 0 Å². The molecule has 5 heteroatoms. The van der Waals surface area contributed by atoms with E-state index in [4.69, 9.17) is 9.47 Å². The SMILES string of the molecule is CNC(C(=O)N1C[C@@H](Oc2ccccc2)C[C@H]1COc1ccccc1)C(C)C. The minimum atomic E-state index is -0.213. The van der Waals surface area contributed by atoms with Crippen LogP contribution in [0, 0.1) is 5.92 Å². The van der Waals surface area contributed by atoms with Crippen molar-refractivity contribution in [3.05, 3.63) is 60.7 Å². The van der Waals surface area contributed by atoms with Crippen LogP contribution >= 0.6 is 0 Å². The van der Waals surface area contributed by atoms with Gasteiger partial charge in [-0.1, -0.05) is 50.2 Å². The number of rotatable bonds is 8. The number of ether oxygens (including phenoxy) is 2. The van der Waals surface area contributed by atoms with Gasteiger partial charge in [0.05, 0.1) is 18.6 Å². The Kier molecular flexibility index (Phi) is 6.93. The molecule has 3 rings (SSSR count). The minimum absolute atomic E-state index is 0.0176. The highest BCUT2D eigenvalue weighted by atomic mass is 16.5. The van der Waals surface area contributed by atoms with Gasteiger partial charge in [-0.15, -0.1) is 0 Å². The van der Waals surface area contributed by atoms with E-state index >= 15 is 0 Å². The topological polar surface area (TPSA) is 50.8 Å². The molecule has 0 aliphatic carbocycles. The van der Waals surface area contributed by atoms with Gasteiger partial charge < -0.3 is 19.7 Å². The number of amides is 1. The average molecular weight is 383 g/mol. The van der Waals surface area contributed by atoms with E-state index < -0.39 is 0 Å². The van der Waals surface area contributed by atoms with Gasteiger partial charge in [0.2, 0.25) is 5.91 Å². The molecule has 1 amide bonds. The van der Waals surface area contributed by atoms with Crippen molar-refractivity contribution >= 4 is 5.91 Å². The molecule has 1 N–H and O–H groups in total. The molecule has 1 aliphatic rings. The highest BCUT2D eigenvalue weighted by molar-refractivity contribution is 5.82. The lowest BCUT2D eigenvalue weighted by Gasteiger charge is -2.30. The first-order valence-electron chi connectivity index (χ1n) is 9.95. The number of nitrogens with zero attached hydrogens (tertiary/aromatic N) is 1. The van der Waals surface area contributed by atoms with Crippen LogP contribution in [0.15, 0.2) is 60.7 Å². The van der Waals surface area contributed by atoms with Crippen LogP contribution < -0.4 is 14.8 Å². The van der Waals surface area contributed by atoms with E-state index in [2.05, 4.69) is 19.2 Å². The van der Waals surface area contributed by atoms with Crippen LogP contribution in [0.5, 0.6) is 11.5 Å². The molecule has 0 radical (unpaired) electrons. The maximum Gasteiger partial charge on any atom is 0.240 e. The zero-order valence-corrected chi connectivity index (χ0v) is 16.9. The Balaban J connectivity index is 1.71. The summed E-state index contributed by atoms with van der Waals surface area (Å²) in [5.41, 5.74) is 0. The molecule has 150 valence electrons. The van der Waals surface area contributed by atoms with Gasteiger partial charge in [-0.3, -0.25) is 4.79 Å². The molecular weight excluding hydrogens is 352 g/mol. The zero-order chi connectivity index (χ0) is 19.9. The third kappa shape index (κ3) is 5.04. The summed E-state index contributed by atoms with van der Waals surface area (Å²) in [5, 5.41) is 3.16. The van der Waals surface area contributed by atoms with Crippen molar-refractivity contribution in [1.29, 1.82) is 0 Å². The fourth-order valence-corrected chi connectivity index (χ4v) is 3.71. The van der Waals surface area contributed by atoms with Crippen molar-refractivity contribution in [3.8, 4) is 11.5 Å². The molecule has 1 aliphatic heterocycles. The lowest BCUT2D eigenvalue weighted by atomic mass is 10.0. The van der Waals surface area contributed by atoms with Crippen molar-refractivity contribution in [2.24, 2.45) is 5.92 Å². The second kappa shape index (κ2) is 9.60. The maximum atomic E-state index is 13.2. The van der Waals surface area contributed by atoms with Gasteiger partial charge in [0.15, 0.2) is 0 Å². The standard InChI is InChI=1S/C23H30N2O3/c1-17(2)22(24-3)23(26)25-15-21(28-20-12-8-5-9-13-20)14-18(25)16-27-19-10-6-4-7-11-19/h4-13,17-18,21-22,24H,14-16H2,1-3H3/t18-,21-,22?/m0/s1. The van der Waals surface area contributed by atoms with E-state index in [1.165, 1.54) is 0 Å². The Bertz CT molecular complexity index is 736. The highest BCUT2D eigenvalue weighted by Gasteiger charge is 2.39. The molecule has 0 spiro atoms. The molecule has 2 aromatic rings. The van der Waals surface area contributed by atoms with Crippen molar-refractivity contribution in [2.45, 2.75) is 38.5 Å². The largest absolute Gasteiger partial charge is 0.491 e. The lowest BCUT2D eigenvalue weighted by Crippen LogP contribution is -2.51. The number of carbonyl (C=O) groups excluding carboxylic acids is 1. The van der Waals surface area contributed by atoms with Gasteiger partial charge >= 0.3 is 0 Å². The van der Waals surface area contributed by atoms with Crippen LogP contribution in [0.1, 0.15) is 20.3 Å². The number of likely N-dealkylation sites (tertiary alicyclic amines) is 1. The fraction of sp³-hybridized carbons (Fsp3) is 0.435. The number of hydrogen-bond acceptors (Lipinski definition) is 4. The van der Waals surface area contributed by atoms with Crippen LogP contribution in [-0.2, 0) is 4.79 Å². The summed E-state index contributed by atoms with van der Waals surface area (Å²) in [7, 11) is 1.84. The number of para-hydroxylation sites is 2. The smallest absolute Gasteiger partial charge is 0.240 e.